The SMILES string of the molecule is CC(CCl)C(=O)Nc1ccc(-n2cncn2)nc1. The van der Waals surface area contributed by atoms with Gasteiger partial charge in [-0.25, -0.2) is 14.6 Å². The van der Waals surface area contributed by atoms with Crippen LogP contribution >= 0.6 is 11.6 Å². The first-order valence-corrected chi connectivity index (χ1v) is 5.92. The van der Waals surface area contributed by atoms with Crippen LogP contribution < -0.4 is 5.32 Å². The monoisotopic (exact) mass is 265 g/mol. The Balaban J connectivity index is 2.06. The highest BCUT2D eigenvalue weighted by Crippen LogP contribution is 2.10. The van der Waals surface area contributed by atoms with Gasteiger partial charge in [0.05, 0.1) is 11.9 Å². The maximum atomic E-state index is 11.6. The van der Waals surface area contributed by atoms with Crippen molar-refractivity contribution >= 4 is 23.2 Å². The molecule has 2 heterocycles. The molecule has 0 radical (unpaired) electrons. The number of aromatic nitrogens is 4. The van der Waals surface area contributed by atoms with Crippen LogP contribution in [0.3, 0.4) is 0 Å². The third kappa shape index (κ3) is 2.84. The molecule has 0 aliphatic heterocycles. The third-order valence-corrected chi connectivity index (χ3v) is 2.81. The highest BCUT2D eigenvalue weighted by atomic mass is 35.5. The lowest BCUT2D eigenvalue weighted by Gasteiger charge is -2.09. The number of alkyl halides is 1. The first-order chi connectivity index (χ1) is 8.70. The van der Waals surface area contributed by atoms with Crippen molar-refractivity contribution in [2.75, 3.05) is 11.2 Å². The number of pyridine rings is 1. The first-order valence-electron chi connectivity index (χ1n) is 5.38. The van der Waals surface area contributed by atoms with E-state index in [2.05, 4.69) is 20.4 Å². The second-order valence-electron chi connectivity index (χ2n) is 3.79. The van der Waals surface area contributed by atoms with Crippen LogP contribution in [0, 0.1) is 5.92 Å². The fourth-order valence-electron chi connectivity index (χ4n) is 1.26. The Hall–Kier alpha value is -1.95. The number of carbonyl (C=O) groups excluding carboxylic acids is 1. The molecule has 1 amide bonds. The lowest BCUT2D eigenvalue weighted by Crippen LogP contribution is -2.21. The Kier molecular flexibility index (Phi) is 3.88. The minimum atomic E-state index is -0.235. The van der Waals surface area contributed by atoms with Gasteiger partial charge in [-0.2, -0.15) is 5.10 Å². The molecule has 0 aliphatic carbocycles. The predicted molar refractivity (Wildman–Crippen MR) is 67.7 cm³/mol. The van der Waals surface area contributed by atoms with Crippen LogP contribution in [0.5, 0.6) is 0 Å². The molecule has 1 atom stereocenters. The molecule has 0 saturated heterocycles. The summed E-state index contributed by atoms with van der Waals surface area (Å²) >= 11 is 5.61. The first kappa shape index (κ1) is 12.5. The second kappa shape index (κ2) is 5.59. The van der Waals surface area contributed by atoms with E-state index in [0.717, 1.165) is 0 Å². The zero-order valence-electron chi connectivity index (χ0n) is 9.75. The molecule has 0 aromatic carbocycles. The van der Waals surface area contributed by atoms with Crippen molar-refractivity contribution in [3.8, 4) is 5.82 Å². The van der Waals surface area contributed by atoms with Crippen molar-refractivity contribution < 1.29 is 4.79 Å². The van der Waals surface area contributed by atoms with E-state index >= 15 is 0 Å². The van der Waals surface area contributed by atoms with Gasteiger partial charge in [0.25, 0.3) is 0 Å². The summed E-state index contributed by atoms with van der Waals surface area (Å²) in [6, 6.07) is 3.50. The van der Waals surface area contributed by atoms with Crippen LogP contribution in [0.1, 0.15) is 6.92 Å². The molecule has 2 aromatic heterocycles. The van der Waals surface area contributed by atoms with Gasteiger partial charge in [0.15, 0.2) is 5.82 Å². The van der Waals surface area contributed by atoms with E-state index in [9.17, 15) is 4.79 Å². The van der Waals surface area contributed by atoms with E-state index in [1.165, 1.54) is 11.0 Å². The predicted octanol–water partition coefficient (Wildman–Crippen LogP) is 1.48. The number of hydrogen-bond donors (Lipinski definition) is 1. The molecule has 0 spiro atoms. The number of amides is 1. The highest BCUT2D eigenvalue weighted by Gasteiger charge is 2.11. The van der Waals surface area contributed by atoms with Gasteiger partial charge in [-0.05, 0) is 12.1 Å². The van der Waals surface area contributed by atoms with E-state index in [4.69, 9.17) is 11.6 Å². The molecule has 0 saturated carbocycles. The number of rotatable bonds is 4. The number of carbonyl (C=O) groups is 1. The second-order valence-corrected chi connectivity index (χ2v) is 4.10. The van der Waals surface area contributed by atoms with Crippen molar-refractivity contribution in [3.63, 3.8) is 0 Å². The summed E-state index contributed by atoms with van der Waals surface area (Å²) in [5.41, 5.74) is 0.626. The fourth-order valence-corrected chi connectivity index (χ4v) is 1.40. The molecule has 2 aromatic rings. The minimum Gasteiger partial charge on any atom is -0.324 e. The van der Waals surface area contributed by atoms with Gasteiger partial charge in [0.1, 0.15) is 12.7 Å². The smallest absolute Gasteiger partial charge is 0.228 e. The quantitative estimate of drug-likeness (QED) is 0.850. The molecule has 0 fully saturated rings. The van der Waals surface area contributed by atoms with Crippen LogP contribution in [0.4, 0.5) is 5.69 Å². The van der Waals surface area contributed by atoms with Crippen LogP contribution in [0.15, 0.2) is 31.0 Å². The van der Waals surface area contributed by atoms with E-state index in [1.807, 2.05) is 0 Å². The Morgan fingerprint density at radius 1 is 1.56 bits per heavy atom. The van der Waals surface area contributed by atoms with Gasteiger partial charge < -0.3 is 5.32 Å². The number of halogens is 1. The van der Waals surface area contributed by atoms with Gasteiger partial charge in [0, 0.05) is 11.8 Å². The average molecular weight is 266 g/mol. The van der Waals surface area contributed by atoms with E-state index < -0.39 is 0 Å². The largest absolute Gasteiger partial charge is 0.324 e. The summed E-state index contributed by atoms with van der Waals surface area (Å²) in [6.45, 7) is 1.76. The fraction of sp³-hybridized carbons (Fsp3) is 0.273. The van der Waals surface area contributed by atoms with E-state index in [1.54, 1.807) is 31.6 Å². The van der Waals surface area contributed by atoms with Crippen molar-refractivity contribution in [2.24, 2.45) is 5.92 Å². The van der Waals surface area contributed by atoms with Crippen molar-refractivity contribution in [1.82, 2.24) is 19.7 Å². The van der Waals surface area contributed by atoms with Crippen LogP contribution in [0.25, 0.3) is 5.82 Å². The maximum Gasteiger partial charge on any atom is 0.228 e. The number of anilines is 1. The molecular weight excluding hydrogens is 254 g/mol. The molecule has 7 heteroatoms. The van der Waals surface area contributed by atoms with Gasteiger partial charge >= 0.3 is 0 Å². The van der Waals surface area contributed by atoms with Crippen LogP contribution in [-0.4, -0.2) is 31.5 Å². The third-order valence-electron chi connectivity index (χ3n) is 2.35. The molecule has 6 nitrogen and oxygen atoms in total. The Labute approximate surface area is 109 Å². The molecular formula is C11H12ClN5O. The van der Waals surface area contributed by atoms with Gasteiger partial charge in [-0.15, -0.1) is 11.6 Å². The minimum absolute atomic E-state index is 0.125. The number of nitrogens with zero attached hydrogens (tertiary/aromatic N) is 4. The lowest BCUT2D eigenvalue weighted by molar-refractivity contribution is -0.118. The molecule has 18 heavy (non-hydrogen) atoms. The number of hydrogen-bond acceptors (Lipinski definition) is 4. The zero-order valence-corrected chi connectivity index (χ0v) is 10.5. The molecule has 1 N–H and O–H groups in total. The van der Waals surface area contributed by atoms with Gasteiger partial charge in [0.2, 0.25) is 5.91 Å². The van der Waals surface area contributed by atoms with E-state index in [0.29, 0.717) is 11.5 Å². The summed E-state index contributed by atoms with van der Waals surface area (Å²) in [5.74, 6) is 0.564. The topological polar surface area (TPSA) is 72.7 Å². The van der Waals surface area contributed by atoms with Crippen molar-refractivity contribution in [3.05, 3.63) is 31.0 Å². The Morgan fingerprint density at radius 3 is 2.94 bits per heavy atom. The summed E-state index contributed by atoms with van der Waals surface area (Å²) < 4.78 is 1.53. The summed E-state index contributed by atoms with van der Waals surface area (Å²) in [5, 5.41) is 6.69. The maximum absolute atomic E-state index is 11.6. The average Bonchev–Trinajstić information content (AvgIpc) is 2.92. The van der Waals surface area contributed by atoms with Crippen LogP contribution in [-0.2, 0) is 4.79 Å². The normalized spacial score (nSPS) is 12.1. The molecule has 94 valence electrons. The zero-order chi connectivity index (χ0) is 13.0. The summed E-state index contributed by atoms with van der Waals surface area (Å²) in [6.07, 6.45) is 4.55. The molecule has 1 unspecified atom stereocenters. The standard InChI is InChI=1S/C11H12ClN5O/c1-8(4-12)11(18)16-9-2-3-10(14-5-9)17-7-13-6-15-17/h2-3,5-8H,4H2,1H3,(H,16,18). The Bertz CT molecular complexity index is 511. The van der Waals surface area contributed by atoms with Gasteiger partial charge in [-0.3, -0.25) is 4.79 Å². The molecule has 0 aliphatic rings. The molecule has 0 bridgehead atoms. The molecule has 2 rings (SSSR count). The number of nitrogens with one attached hydrogen (secondary N) is 1. The lowest BCUT2D eigenvalue weighted by atomic mass is 10.2. The van der Waals surface area contributed by atoms with Gasteiger partial charge in [-0.1, -0.05) is 6.92 Å². The van der Waals surface area contributed by atoms with E-state index in [-0.39, 0.29) is 17.7 Å². The highest BCUT2D eigenvalue weighted by molar-refractivity contribution is 6.19. The summed E-state index contributed by atoms with van der Waals surface area (Å²) in [7, 11) is 0. The Morgan fingerprint density at radius 2 is 2.39 bits per heavy atom. The van der Waals surface area contributed by atoms with Crippen LogP contribution in [0.2, 0.25) is 0 Å². The summed E-state index contributed by atoms with van der Waals surface area (Å²) in [4.78, 5) is 19.6. The van der Waals surface area contributed by atoms with Crippen molar-refractivity contribution in [1.29, 1.82) is 0 Å². The van der Waals surface area contributed by atoms with Crippen molar-refractivity contribution in [2.45, 2.75) is 6.92 Å².